The van der Waals surface area contributed by atoms with Crippen LogP contribution in [-0.4, -0.2) is 93.8 Å². The van der Waals surface area contributed by atoms with Crippen molar-refractivity contribution in [3.05, 3.63) is 87.9 Å². The van der Waals surface area contributed by atoms with Crippen molar-refractivity contribution in [2.75, 3.05) is 63.4 Å². The van der Waals surface area contributed by atoms with Gasteiger partial charge in [0, 0.05) is 36.2 Å². The maximum absolute atomic E-state index is 13.7. The minimum absolute atomic E-state index is 0.0921. The first-order valence-electron chi connectivity index (χ1n) is 15.0. The van der Waals surface area contributed by atoms with Crippen molar-refractivity contribution in [3.8, 4) is 5.75 Å². The molecule has 0 aliphatic carbocycles. The second-order valence-electron chi connectivity index (χ2n) is 11.1. The Morgan fingerprint density at radius 2 is 1.51 bits per heavy atom. The number of para-hydroxylation sites is 1. The molecule has 45 heavy (non-hydrogen) atoms. The average molecular weight is 719 g/mol. The van der Waals surface area contributed by atoms with Crippen LogP contribution in [0.15, 0.2) is 82.2 Å². The van der Waals surface area contributed by atoms with E-state index in [2.05, 4.69) is 31.0 Å². The Labute approximate surface area is 278 Å². The van der Waals surface area contributed by atoms with E-state index in [9.17, 15) is 18.0 Å². The van der Waals surface area contributed by atoms with Crippen molar-refractivity contribution in [1.82, 2.24) is 20.0 Å². The number of amides is 2. The number of sulfonamides is 1. The molecule has 0 atom stereocenters. The van der Waals surface area contributed by atoms with Gasteiger partial charge < -0.3 is 20.0 Å². The fourth-order valence-electron chi connectivity index (χ4n) is 5.42. The number of likely N-dealkylation sites (tertiary alicyclic amines) is 1. The molecule has 13 heteroatoms. The third kappa shape index (κ3) is 8.76. The van der Waals surface area contributed by atoms with E-state index in [-0.39, 0.29) is 39.4 Å². The van der Waals surface area contributed by atoms with Gasteiger partial charge in [-0.05, 0) is 100 Å². The van der Waals surface area contributed by atoms with Crippen LogP contribution in [0, 0.1) is 0 Å². The summed E-state index contributed by atoms with van der Waals surface area (Å²) in [6.07, 6.45) is 3.75. The molecular formula is C32H37BrClN5O5S. The summed E-state index contributed by atoms with van der Waals surface area (Å²) in [5.41, 5.74) is 0.493. The maximum Gasteiger partial charge on any atom is 0.295 e. The highest BCUT2D eigenvalue weighted by atomic mass is 79.9. The monoisotopic (exact) mass is 717 g/mol. The predicted octanol–water partition coefficient (Wildman–Crippen LogP) is 4.65. The lowest BCUT2D eigenvalue weighted by atomic mass is 10.2. The molecule has 3 aromatic rings. The first-order chi connectivity index (χ1) is 21.7. The summed E-state index contributed by atoms with van der Waals surface area (Å²) in [5.74, 6) is -0.459. The van der Waals surface area contributed by atoms with Gasteiger partial charge in [-0.1, -0.05) is 50.2 Å². The van der Waals surface area contributed by atoms with E-state index in [1.54, 1.807) is 53.4 Å². The van der Waals surface area contributed by atoms with E-state index in [1.807, 2.05) is 0 Å². The van der Waals surface area contributed by atoms with Gasteiger partial charge in [-0.3, -0.25) is 14.5 Å². The molecule has 0 spiro atoms. The minimum atomic E-state index is -4.24. The van der Waals surface area contributed by atoms with Gasteiger partial charge in [0.2, 0.25) is 5.91 Å². The topological polar surface area (TPSA) is 102 Å². The standard InChI is InChI=1S/C32H37BrClN5O5S/c33-26-11-14-30(29(34)23-26)44-39(27-7-2-1-3-8-27)45(42,43)28-12-9-25(10-13-28)32(41)35-24-31(40)38-21-19-37(20-22-38)18-6-17-36-15-4-5-16-36/h1-3,7-14,23H,4-6,15-22,24H2,(H,35,41). The van der Waals surface area contributed by atoms with Crippen molar-refractivity contribution in [1.29, 1.82) is 0 Å². The van der Waals surface area contributed by atoms with Crippen LogP contribution in [0.3, 0.4) is 0 Å². The Hall–Kier alpha value is -3.16. The first kappa shape index (κ1) is 33.2. The highest BCUT2D eigenvalue weighted by Crippen LogP contribution is 2.32. The van der Waals surface area contributed by atoms with Gasteiger partial charge in [-0.25, -0.2) is 0 Å². The molecule has 2 aliphatic rings. The van der Waals surface area contributed by atoms with Gasteiger partial charge in [0.25, 0.3) is 15.9 Å². The molecule has 1 N–H and O–H groups in total. The summed E-state index contributed by atoms with van der Waals surface area (Å²) in [5, 5.41) is 2.89. The van der Waals surface area contributed by atoms with Crippen molar-refractivity contribution in [2.45, 2.75) is 24.2 Å². The third-order valence-corrected chi connectivity index (χ3v) is 10.3. The zero-order valence-corrected chi connectivity index (χ0v) is 28.1. The van der Waals surface area contributed by atoms with Crippen LogP contribution >= 0.6 is 27.5 Å². The van der Waals surface area contributed by atoms with E-state index in [1.165, 1.54) is 50.2 Å². The molecular weight excluding hydrogens is 682 g/mol. The van der Waals surface area contributed by atoms with Crippen molar-refractivity contribution in [2.24, 2.45) is 0 Å². The van der Waals surface area contributed by atoms with E-state index in [0.29, 0.717) is 17.6 Å². The summed E-state index contributed by atoms with van der Waals surface area (Å²) in [7, 11) is -4.24. The normalized spacial score (nSPS) is 16.0. The highest BCUT2D eigenvalue weighted by Gasteiger charge is 2.29. The van der Waals surface area contributed by atoms with Crippen molar-refractivity contribution >= 4 is 55.1 Å². The number of anilines is 1. The Kier molecular flexibility index (Phi) is 11.4. The fraction of sp³-hybridized carbons (Fsp3) is 0.375. The summed E-state index contributed by atoms with van der Waals surface area (Å²) in [6, 6.07) is 18.7. The SMILES string of the molecule is O=C(NCC(=O)N1CCN(CCCN2CCCC2)CC1)c1ccc(S(=O)(=O)N(Oc2ccc(Br)cc2Cl)c2ccccc2)cc1. The number of benzene rings is 3. The Balaban J connectivity index is 1.15. The number of nitrogens with zero attached hydrogens (tertiary/aromatic N) is 4. The van der Waals surface area contributed by atoms with Crippen LogP contribution in [0.1, 0.15) is 29.6 Å². The molecule has 2 saturated heterocycles. The lowest BCUT2D eigenvalue weighted by molar-refractivity contribution is -0.131. The molecule has 2 heterocycles. The van der Waals surface area contributed by atoms with Gasteiger partial charge in [0.15, 0.2) is 5.75 Å². The Morgan fingerprint density at radius 3 is 2.16 bits per heavy atom. The largest absolute Gasteiger partial charge is 0.363 e. The van der Waals surface area contributed by atoms with Crippen LogP contribution in [0.2, 0.25) is 5.02 Å². The fourth-order valence-corrected chi connectivity index (χ4v) is 7.37. The van der Waals surface area contributed by atoms with Crippen LogP contribution in [-0.2, 0) is 14.8 Å². The quantitative estimate of drug-likeness (QED) is 0.272. The van der Waals surface area contributed by atoms with Gasteiger partial charge in [-0.15, -0.1) is 0 Å². The van der Waals surface area contributed by atoms with Crippen LogP contribution in [0.25, 0.3) is 0 Å². The zero-order chi connectivity index (χ0) is 31.8. The van der Waals surface area contributed by atoms with E-state index < -0.39 is 15.9 Å². The van der Waals surface area contributed by atoms with E-state index in [0.717, 1.165) is 37.1 Å². The van der Waals surface area contributed by atoms with Crippen molar-refractivity contribution < 1.29 is 22.8 Å². The molecule has 2 amide bonds. The van der Waals surface area contributed by atoms with Crippen LogP contribution in [0.5, 0.6) is 5.75 Å². The number of nitrogens with one attached hydrogen (secondary N) is 1. The molecule has 0 radical (unpaired) electrons. The summed E-state index contributed by atoms with van der Waals surface area (Å²) < 4.78 is 28.9. The number of rotatable bonds is 12. The molecule has 10 nitrogen and oxygen atoms in total. The maximum atomic E-state index is 13.7. The van der Waals surface area contributed by atoms with Gasteiger partial charge >= 0.3 is 0 Å². The van der Waals surface area contributed by atoms with Gasteiger partial charge in [0.1, 0.15) is 0 Å². The molecule has 0 aromatic heterocycles. The Morgan fingerprint density at radius 1 is 0.867 bits per heavy atom. The van der Waals surface area contributed by atoms with Crippen molar-refractivity contribution in [3.63, 3.8) is 0 Å². The summed E-state index contributed by atoms with van der Waals surface area (Å²) in [6.45, 7) is 7.39. The lowest BCUT2D eigenvalue weighted by Crippen LogP contribution is -2.51. The molecule has 3 aromatic carbocycles. The highest BCUT2D eigenvalue weighted by molar-refractivity contribution is 9.10. The van der Waals surface area contributed by atoms with Gasteiger partial charge in [-0.2, -0.15) is 8.42 Å². The number of halogens is 2. The van der Waals surface area contributed by atoms with E-state index in [4.69, 9.17) is 16.4 Å². The zero-order valence-electron chi connectivity index (χ0n) is 24.9. The number of carbonyl (C=O) groups excluding carboxylic acids is 2. The number of hydrogen-bond acceptors (Lipinski definition) is 7. The number of carbonyl (C=O) groups is 2. The molecule has 0 saturated carbocycles. The summed E-state index contributed by atoms with van der Waals surface area (Å²) in [4.78, 5) is 38.0. The molecule has 2 aliphatic heterocycles. The molecule has 240 valence electrons. The Bertz CT molecular complexity index is 1560. The molecule has 0 bridgehead atoms. The van der Waals surface area contributed by atoms with Crippen LogP contribution in [0.4, 0.5) is 5.69 Å². The smallest absolute Gasteiger partial charge is 0.295 e. The molecule has 5 rings (SSSR count). The average Bonchev–Trinajstić information content (AvgIpc) is 3.57. The number of hydrogen-bond donors (Lipinski definition) is 1. The minimum Gasteiger partial charge on any atom is -0.363 e. The summed E-state index contributed by atoms with van der Waals surface area (Å²) >= 11 is 9.64. The van der Waals surface area contributed by atoms with Crippen LogP contribution < -0.4 is 14.6 Å². The second-order valence-corrected chi connectivity index (χ2v) is 14.1. The second kappa shape index (κ2) is 15.4. The van der Waals surface area contributed by atoms with E-state index >= 15 is 0 Å². The molecule has 0 unspecified atom stereocenters. The number of piperazine rings is 1. The predicted molar refractivity (Wildman–Crippen MR) is 178 cm³/mol. The molecule has 2 fully saturated rings. The van der Waals surface area contributed by atoms with Gasteiger partial charge in [0.05, 0.1) is 22.2 Å². The third-order valence-electron chi connectivity index (χ3n) is 7.95. The first-order valence-corrected chi connectivity index (χ1v) is 17.7. The lowest BCUT2D eigenvalue weighted by Gasteiger charge is -2.35.